The molecule has 7 nitrogen and oxygen atoms in total. The lowest BCUT2D eigenvalue weighted by molar-refractivity contribution is -0.171. The van der Waals surface area contributed by atoms with E-state index >= 15 is 0 Å². The van der Waals surface area contributed by atoms with Crippen molar-refractivity contribution in [3.05, 3.63) is 0 Å². The second-order valence-corrected chi connectivity index (χ2v) is 14.8. The number of hydrogen-bond acceptors (Lipinski definition) is 5. The maximum absolute atomic E-state index is 12.4. The van der Waals surface area contributed by atoms with E-state index in [4.69, 9.17) is 4.74 Å². The van der Waals surface area contributed by atoms with Crippen LogP contribution >= 0.6 is 0 Å². The molecule has 0 aromatic rings. The smallest absolute Gasteiger partial charge is 0.309 e. The molecule has 0 aromatic carbocycles. The zero-order valence-electron chi connectivity index (χ0n) is 24.7. The molecule has 0 spiro atoms. The Balaban J connectivity index is 1.40. The summed E-state index contributed by atoms with van der Waals surface area (Å²) in [7, 11) is 0. The molecule has 4 aliphatic rings. The Morgan fingerprint density at radius 3 is 1.15 bits per heavy atom. The predicted octanol–water partition coefficient (Wildman–Crippen LogP) is 5.90. The lowest BCUT2D eigenvalue weighted by atomic mass is 9.58. The Morgan fingerprint density at radius 1 is 0.538 bits per heavy atom. The van der Waals surface area contributed by atoms with Crippen molar-refractivity contribution >= 4 is 11.9 Å². The minimum Gasteiger partial charge on any atom is -0.481 e. The minimum atomic E-state index is -0.833. The molecule has 39 heavy (non-hydrogen) atoms. The van der Waals surface area contributed by atoms with Gasteiger partial charge in [-0.15, -0.1) is 0 Å². The largest absolute Gasteiger partial charge is 0.481 e. The third kappa shape index (κ3) is 6.83. The maximum atomic E-state index is 12.4. The first-order valence-corrected chi connectivity index (χ1v) is 15.8. The van der Waals surface area contributed by atoms with Crippen molar-refractivity contribution in [3.63, 3.8) is 0 Å². The van der Waals surface area contributed by atoms with E-state index in [-0.39, 0.29) is 34.9 Å². The monoisotopic (exact) mass is 550 g/mol. The molecule has 6 atom stereocenters. The molecule has 224 valence electrons. The number of aliphatic hydroxyl groups is 2. The van der Waals surface area contributed by atoms with E-state index in [1.165, 1.54) is 0 Å². The van der Waals surface area contributed by atoms with Gasteiger partial charge in [-0.2, -0.15) is 0 Å². The standard InChI is InChI=1S/C32H54O7/c1-31(2,19-5-11-23(33)12-6-19)21-9-15-27(25(17-21)29(35)36)39-28-16-10-22(18-26(28)30(37)38)32(3,4)20-7-13-24(34)14-8-20/h19-28,33-34H,5-18H2,1-4H3,(H,35,36)(H,37,38). The second kappa shape index (κ2) is 12.4. The number of carboxylic acids is 2. The Labute approximate surface area is 235 Å². The van der Waals surface area contributed by atoms with Crippen molar-refractivity contribution in [2.75, 3.05) is 0 Å². The molecule has 0 aliphatic heterocycles. The summed E-state index contributed by atoms with van der Waals surface area (Å²) in [6, 6.07) is 0. The molecule has 7 heteroatoms. The van der Waals surface area contributed by atoms with Gasteiger partial charge in [0, 0.05) is 0 Å². The van der Waals surface area contributed by atoms with Gasteiger partial charge in [-0.1, -0.05) is 27.7 Å². The quantitative estimate of drug-likeness (QED) is 0.297. The molecule has 0 amide bonds. The number of rotatable bonds is 8. The third-order valence-corrected chi connectivity index (χ3v) is 12.2. The topological polar surface area (TPSA) is 124 Å². The molecule has 0 saturated heterocycles. The molecule has 0 bridgehead atoms. The van der Waals surface area contributed by atoms with E-state index in [1.54, 1.807) is 0 Å². The summed E-state index contributed by atoms with van der Waals surface area (Å²) in [6.07, 6.45) is 10.2. The van der Waals surface area contributed by atoms with Crippen molar-refractivity contribution in [3.8, 4) is 0 Å². The van der Waals surface area contributed by atoms with Crippen LogP contribution in [0.5, 0.6) is 0 Å². The van der Waals surface area contributed by atoms with Gasteiger partial charge in [0.1, 0.15) is 0 Å². The van der Waals surface area contributed by atoms with Crippen LogP contribution in [0.15, 0.2) is 0 Å². The van der Waals surface area contributed by atoms with Crippen LogP contribution in [0.2, 0.25) is 0 Å². The first-order valence-electron chi connectivity index (χ1n) is 15.8. The van der Waals surface area contributed by atoms with Crippen molar-refractivity contribution < 1.29 is 34.8 Å². The van der Waals surface area contributed by atoms with E-state index < -0.39 is 36.0 Å². The van der Waals surface area contributed by atoms with Crippen LogP contribution < -0.4 is 0 Å². The van der Waals surface area contributed by atoms with Crippen LogP contribution in [-0.2, 0) is 14.3 Å². The summed E-state index contributed by atoms with van der Waals surface area (Å²) >= 11 is 0. The normalized spacial score (nSPS) is 40.7. The fraction of sp³-hybridized carbons (Fsp3) is 0.938. The van der Waals surface area contributed by atoms with Gasteiger partial charge in [0.25, 0.3) is 0 Å². The first kappa shape index (κ1) is 30.8. The Kier molecular flexibility index (Phi) is 9.75. The molecule has 0 aromatic heterocycles. The van der Waals surface area contributed by atoms with Crippen LogP contribution in [0.4, 0.5) is 0 Å². The molecular weight excluding hydrogens is 496 g/mol. The number of carbonyl (C=O) groups is 2. The molecule has 0 radical (unpaired) electrons. The average molecular weight is 551 g/mol. The number of hydrogen-bond donors (Lipinski definition) is 4. The van der Waals surface area contributed by atoms with Crippen molar-refractivity contribution in [2.45, 2.75) is 142 Å². The SMILES string of the molecule is CC(C)(C1CCC(O)CC1)C1CCC(OC2CCC(C(C)(C)C3CCC(O)CC3)CC2C(=O)O)C(C(=O)O)C1. The van der Waals surface area contributed by atoms with Gasteiger partial charge in [0.15, 0.2) is 0 Å². The highest BCUT2D eigenvalue weighted by Crippen LogP contribution is 2.52. The van der Waals surface area contributed by atoms with E-state index in [2.05, 4.69) is 27.7 Å². The van der Waals surface area contributed by atoms with Gasteiger partial charge in [0.2, 0.25) is 0 Å². The molecule has 4 rings (SSSR count). The number of ether oxygens (including phenoxy) is 1. The van der Waals surface area contributed by atoms with Crippen LogP contribution in [0.1, 0.15) is 118 Å². The number of aliphatic hydroxyl groups excluding tert-OH is 2. The number of carboxylic acid groups (broad SMARTS) is 2. The van der Waals surface area contributed by atoms with Gasteiger partial charge in [-0.05, 0) is 124 Å². The zero-order chi connectivity index (χ0) is 28.5. The number of aliphatic carboxylic acids is 2. The Hall–Kier alpha value is -1.18. The van der Waals surface area contributed by atoms with E-state index in [1.807, 2.05) is 0 Å². The van der Waals surface area contributed by atoms with Crippen molar-refractivity contribution in [1.29, 1.82) is 0 Å². The summed E-state index contributed by atoms with van der Waals surface area (Å²) in [6.45, 7) is 9.10. The highest BCUT2D eigenvalue weighted by Gasteiger charge is 2.49. The van der Waals surface area contributed by atoms with Crippen molar-refractivity contribution in [1.82, 2.24) is 0 Å². The fourth-order valence-corrected chi connectivity index (χ4v) is 9.01. The molecule has 4 fully saturated rings. The van der Waals surface area contributed by atoms with Gasteiger partial charge in [-0.3, -0.25) is 9.59 Å². The molecule has 4 saturated carbocycles. The minimum absolute atomic E-state index is 0.00121. The van der Waals surface area contributed by atoms with Gasteiger partial charge >= 0.3 is 11.9 Å². The summed E-state index contributed by atoms with van der Waals surface area (Å²) in [5.41, 5.74) is 0.00241. The maximum Gasteiger partial charge on any atom is 0.309 e. The fourth-order valence-electron chi connectivity index (χ4n) is 9.01. The van der Waals surface area contributed by atoms with E-state index in [0.717, 1.165) is 64.2 Å². The van der Waals surface area contributed by atoms with Crippen LogP contribution in [-0.4, -0.2) is 56.8 Å². The molecular formula is C32H54O7. The Bertz CT molecular complexity index is 769. The lowest BCUT2D eigenvalue weighted by Gasteiger charge is -2.49. The zero-order valence-corrected chi connectivity index (χ0v) is 24.7. The molecule has 6 unspecified atom stereocenters. The van der Waals surface area contributed by atoms with E-state index in [9.17, 15) is 30.0 Å². The molecule has 4 N–H and O–H groups in total. The summed E-state index contributed by atoms with van der Waals surface area (Å²) in [4.78, 5) is 24.9. The summed E-state index contributed by atoms with van der Waals surface area (Å²) in [5, 5.41) is 40.3. The molecule has 4 aliphatic carbocycles. The molecule has 0 heterocycles. The van der Waals surface area contributed by atoms with Crippen LogP contribution in [0.25, 0.3) is 0 Å². The van der Waals surface area contributed by atoms with Gasteiger partial charge in [0.05, 0.1) is 36.3 Å². The third-order valence-electron chi connectivity index (χ3n) is 12.2. The highest BCUT2D eigenvalue weighted by atomic mass is 16.5. The predicted molar refractivity (Wildman–Crippen MR) is 149 cm³/mol. The Morgan fingerprint density at radius 2 is 0.846 bits per heavy atom. The summed E-state index contributed by atoms with van der Waals surface area (Å²) < 4.78 is 6.49. The average Bonchev–Trinajstić information content (AvgIpc) is 2.89. The van der Waals surface area contributed by atoms with Crippen LogP contribution in [0, 0.1) is 46.3 Å². The van der Waals surface area contributed by atoms with E-state index in [0.29, 0.717) is 37.5 Å². The summed E-state index contributed by atoms with van der Waals surface area (Å²) in [5.74, 6) is -1.37. The second-order valence-electron chi connectivity index (χ2n) is 14.8. The van der Waals surface area contributed by atoms with Gasteiger partial charge in [-0.25, -0.2) is 0 Å². The first-order chi connectivity index (χ1) is 18.3. The van der Waals surface area contributed by atoms with Crippen molar-refractivity contribution in [2.24, 2.45) is 46.3 Å². The lowest BCUT2D eigenvalue weighted by Crippen LogP contribution is -2.48. The highest BCUT2D eigenvalue weighted by molar-refractivity contribution is 5.71. The van der Waals surface area contributed by atoms with Crippen LogP contribution in [0.3, 0.4) is 0 Å². The van der Waals surface area contributed by atoms with Gasteiger partial charge < -0.3 is 25.2 Å².